The van der Waals surface area contributed by atoms with Gasteiger partial charge in [-0.25, -0.2) is 4.68 Å². The Labute approximate surface area is 152 Å². The number of carbonyl (C=O) groups excluding carboxylic acids is 1. The quantitative estimate of drug-likeness (QED) is 0.775. The van der Waals surface area contributed by atoms with Crippen LogP contribution in [0.1, 0.15) is 53.9 Å². The summed E-state index contributed by atoms with van der Waals surface area (Å²) in [4.78, 5) is 12.5. The molecule has 1 N–H and O–H groups in total. The van der Waals surface area contributed by atoms with Crippen LogP contribution >= 0.6 is 0 Å². The van der Waals surface area contributed by atoms with Crippen LogP contribution in [-0.2, 0) is 0 Å². The van der Waals surface area contributed by atoms with Crippen molar-refractivity contribution in [3.05, 3.63) is 66.0 Å². The minimum atomic E-state index is -0.117. The van der Waals surface area contributed by atoms with Crippen LogP contribution in [0.15, 0.2) is 54.9 Å². The average molecular weight is 347 g/mol. The van der Waals surface area contributed by atoms with Gasteiger partial charge in [-0.05, 0) is 65.1 Å². The van der Waals surface area contributed by atoms with Crippen LogP contribution < -0.4 is 5.32 Å². The minimum Gasteiger partial charge on any atom is -0.322 e. The molecule has 0 aliphatic heterocycles. The Morgan fingerprint density at radius 3 is 2.58 bits per heavy atom. The molecular weight excluding hydrogens is 326 g/mol. The molecule has 3 aromatic rings. The van der Waals surface area contributed by atoms with Gasteiger partial charge in [0.15, 0.2) is 0 Å². The van der Waals surface area contributed by atoms with Gasteiger partial charge in [0.05, 0.1) is 5.69 Å². The van der Waals surface area contributed by atoms with Gasteiger partial charge in [-0.2, -0.15) is 0 Å². The SMILES string of the molecule is O=C(Nc1cccc(-n2cnnn2)c1)c1ccc(C2CCCCC2)cc1. The molecule has 1 amide bonds. The first-order valence-electron chi connectivity index (χ1n) is 9.04. The molecule has 0 spiro atoms. The van der Waals surface area contributed by atoms with Crippen molar-refractivity contribution in [2.45, 2.75) is 38.0 Å². The van der Waals surface area contributed by atoms with Gasteiger partial charge in [-0.15, -0.1) is 5.10 Å². The van der Waals surface area contributed by atoms with Crippen molar-refractivity contribution in [2.24, 2.45) is 0 Å². The largest absolute Gasteiger partial charge is 0.322 e. The Kier molecular flexibility index (Phi) is 4.73. The summed E-state index contributed by atoms with van der Waals surface area (Å²) >= 11 is 0. The third-order valence-electron chi connectivity index (χ3n) is 4.97. The van der Waals surface area contributed by atoms with Crippen molar-refractivity contribution in [1.82, 2.24) is 20.2 Å². The lowest BCUT2D eigenvalue weighted by molar-refractivity contribution is 0.102. The molecule has 1 aliphatic rings. The normalized spacial score (nSPS) is 14.9. The fourth-order valence-electron chi connectivity index (χ4n) is 3.55. The Morgan fingerprint density at radius 2 is 1.85 bits per heavy atom. The number of benzene rings is 2. The highest BCUT2D eigenvalue weighted by Gasteiger charge is 2.16. The van der Waals surface area contributed by atoms with Crippen LogP contribution in [0, 0.1) is 0 Å². The zero-order chi connectivity index (χ0) is 17.8. The van der Waals surface area contributed by atoms with Crippen molar-refractivity contribution in [3.8, 4) is 5.69 Å². The van der Waals surface area contributed by atoms with E-state index in [2.05, 4.69) is 33.0 Å². The van der Waals surface area contributed by atoms with E-state index in [0.29, 0.717) is 17.2 Å². The fourth-order valence-corrected chi connectivity index (χ4v) is 3.55. The maximum Gasteiger partial charge on any atom is 0.255 e. The number of tetrazole rings is 1. The molecule has 1 fully saturated rings. The number of amides is 1. The number of hydrogen-bond acceptors (Lipinski definition) is 4. The second-order valence-corrected chi connectivity index (χ2v) is 6.72. The highest BCUT2D eigenvalue weighted by atomic mass is 16.1. The summed E-state index contributed by atoms with van der Waals surface area (Å²) in [5, 5.41) is 14.1. The Hall–Kier alpha value is -3.02. The van der Waals surface area contributed by atoms with Crippen LogP contribution in [0.5, 0.6) is 0 Å². The van der Waals surface area contributed by atoms with E-state index in [9.17, 15) is 4.79 Å². The maximum atomic E-state index is 12.5. The van der Waals surface area contributed by atoms with E-state index in [4.69, 9.17) is 0 Å². The molecule has 0 saturated heterocycles. The number of aromatic nitrogens is 4. The highest BCUT2D eigenvalue weighted by molar-refractivity contribution is 6.04. The van der Waals surface area contributed by atoms with Crippen LogP contribution in [0.2, 0.25) is 0 Å². The second kappa shape index (κ2) is 7.47. The van der Waals surface area contributed by atoms with E-state index in [1.165, 1.54) is 44.0 Å². The summed E-state index contributed by atoms with van der Waals surface area (Å²) in [6.07, 6.45) is 8.01. The molecule has 1 aliphatic carbocycles. The lowest BCUT2D eigenvalue weighted by atomic mass is 9.84. The summed E-state index contributed by atoms with van der Waals surface area (Å²) in [6, 6.07) is 15.5. The lowest BCUT2D eigenvalue weighted by Crippen LogP contribution is -2.12. The van der Waals surface area contributed by atoms with E-state index in [-0.39, 0.29) is 5.91 Å². The molecule has 6 nitrogen and oxygen atoms in total. The summed E-state index contributed by atoms with van der Waals surface area (Å²) < 4.78 is 1.55. The molecule has 2 aromatic carbocycles. The number of nitrogens with one attached hydrogen (secondary N) is 1. The Balaban J connectivity index is 1.45. The van der Waals surface area contributed by atoms with E-state index >= 15 is 0 Å². The van der Waals surface area contributed by atoms with Gasteiger partial charge in [-0.1, -0.05) is 37.5 Å². The smallest absolute Gasteiger partial charge is 0.255 e. The summed E-state index contributed by atoms with van der Waals surface area (Å²) in [5.74, 6) is 0.530. The number of nitrogens with zero attached hydrogens (tertiary/aromatic N) is 4. The third-order valence-corrected chi connectivity index (χ3v) is 4.97. The Bertz CT molecular complexity index is 867. The van der Waals surface area contributed by atoms with Gasteiger partial charge in [0.25, 0.3) is 5.91 Å². The van der Waals surface area contributed by atoms with Gasteiger partial charge in [0.2, 0.25) is 0 Å². The van der Waals surface area contributed by atoms with Crippen LogP contribution in [0.3, 0.4) is 0 Å². The maximum absolute atomic E-state index is 12.5. The molecular formula is C20H21N5O. The standard InChI is InChI=1S/C20H21N5O/c26-20(17-11-9-16(10-12-17)15-5-2-1-3-6-15)22-18-7-4-8-19(13-18)25-14-21-23-24-25/h4,7-15H,1-3,5-6H2,(H,22,26). The van der Waals surface area contributed by atoms with Crippen molar-refractivity contribution >= 4 is 11.6 Å². The zero-order valence-electron chi connectivity index (χ0n) is 14.5. The second-order valence-electron chi connectivity index (χ2n) is 6.72. The predicted molar refractivity (Wildman–Crippen MR) is 99.4 cm³/mol. The van der Waals surface area contributed by atoms with Crippen molar-refractivity contribution in [3.63, 3.8) is 0 Å². The number of anilines is 1. The van der Waals surface area contributed by atoms with Gasteiger partial charge in [0.1, 0.15) is 6.33 Å². The van der Waals surface area contributed by atoms with Crippen LogP contribution in [0.25, 0.3) is 5.69 Å². The number of hydrogen-bond donors (Lipinski definition) is 1. The molecule has 0 unspecified atom stereocenters. The molecule has 4 rings (SSSR count). The first kappa shape index (κ1) is 16.4. The predicted octanol–water partition coefficient (Wildman–Crippen LogP) is 3.96. The molecule has 1 saturated carbocycles. The summed E-state index contributed by atoms with van der Waals surface area (Å²) in [7, 11) is 0. The van der Waals surface area contributed by atoms with Gasteiger partial charge in [-0.3, -0.25) is 4.79 Å². The fraction of sp³-hybridized carbons (Fsp3) is 0.300. The first-order valence-corrected chi connectivity index (χ1v) is 9.04. The number of rotatable bonds is 4. The van der Waals surface area contributed by atoms with Crippen molar-refractivity contribution in [1.29, 1.82) is 0 Å². The molecule has 6 heteroatoms. The molecule has 1 aromatic heterocycles. The van der Waals surface area contributed by atoms with E-state index in [1.54, 1.807) is 4.68 Å². The highest BCUT2D eigenvalue weighted by Crippen LogP contribution is 2.32. The Morgan fingerprint density at radius 1 is 1.04 bits per heavy atom. The topological polar surface area (TPSA) is 72.7 Å². The van der Waals surface area contributed by atoms with Crippen LogP contribution in [0.4, 0.5) is 5.69 Å². The first-order chi connectivity index (χ1) is 12.8. The summed E-state index contributed by atoms with van der Waals surface area (Å²) in [6.45, 7) is 0. The van der Waals surface area contributed by atoms with Gasteiger partial charge in [0, 0.05) is 11.3 Å². The van der Waals surface area contributed by atoms with E-state index in [0.717, 1.165) is 5.69 Å². The van der Waals surface area contributed by atoms with Crippen LogP contribution in [-0.4, -0.2) is 26.1 Å². The molecule has 26 heavy (non-hydrogen) atoms. The average Bonchev–Trinajstić information content (AvgIpc) is 3.24. The van der Waals surface area contributed by atoms with Crippen molar-refractivity contribution < 1.29 is 4.79 Å². The van der Waals surface area contributed by atoms with E-state index in [1.807, 2.05) is 36.4 Å². The van der Waals surface area contributed by atoms with Gasteiger partial charge < -0.3 is 5.32 Å². The third kappa shape index (κ3) is 3.64. The lowest BCUT2D eigenvalue weighted by Gasteiger charge is -2.22. The zero-order valence-corrected chi connectivity index (χ0v) is 14.5. The van der Waals surface area contributed by atoms with Gasteiger partial charge >= 0.3 is 0 Å². The molecule has 0 radical (unpaired) electrons. The monoisotopic (exact) mass is 347 g/mol. The summed E-state index contributed by atoms with van der Waals surface area (Å²) in [5.41, 5.74) is 3.51. The van der Waals surface area contributed by atoms with E-state index < -0.39 is 0 Å². The molecule has 0 atom stereocenters. The number of carbonyl (C=O) groups is 1. The molecule has 132 valence electrons. The molecule has 1 heterocycles. The molecule has 0 bridgehead atoms. The minimum absolute atomic E-state index is 0.117. The van der Waals surface area contributed by atoms with Crippen molar-refractivity contribution in [2.75, 3.05) is 5.32 Å².